The molecule has 1 aromatic heterocycles. The molecule has 104 valence electrons. The van der Waals surface area contributed by atoms with Crippen LogP contribution in [0.15, 0.2) is 24.3 Å². The molecule has 0 amide bonds. The third kappa shape index (κ3) is 2.65. The van der Waals surface area contributed by atoms with E-state index in [1.807, 2.05) is 42.8 Å². The molecule has 1 N–H and O–H groups in total. The van der Waals surface area contributed by atoms with Gasteiger partial charge in [-0.05, 0) is 19.1 Å². The minimum atomic E-state index is -0.897. The third-order valence-corrected chi connectivity index (χ3v) is 3.38. The lowest BCUT2D eigenvalue weighted by Crippen LogP contribution is -2.33. The second-order valence-corrected chi connectivity index (χ2v) is 4.70. The first-order valence-corrected chi connectivity index (χ1v) is 6.35. The highest BCUT2D eigenvalue weighted by molar-refractivity contribution is 5.76. The molecule has 0 aliphatic heterocycles. The number of rotatable bonds is 5. The van der Waals surface area contributed by atoms with E-state index in [0.29, 0.717) is 0 Å². The summed E-state index contributed by atoms with van der Waals surface area (Å²) in [5.41, 5.74) is 1.91. The Kier molecular flexibility index (Phi) is 4.06. The van der Waals surface area contributed by atoms with E-state index in [1.54, 1.807) is 4.90 Å². The number of nitrogens with zero attached hydrogens (tertiary/aromatic N) is 3. The van der Waals surface area contributed by atoms with Crippen LogP contribution >= 0.6 is 0 Å². The molecule has 0 saturated carbocycles. The van der Waals surface area contributed by atoms with Gasteiger partial charge in [-0.2, -0.15) is 0 Å². The molecule has 0 saturated heterocycles. The maximum Gasteiger partial charge on any atom is 0.317 e. The number of carboxylic acids is 1. The van der Waals surface area contributed by atoms with Crippen LogP contribution in [0.5, 0.6) is 0 Å². The lowest BCUT2D eigenvalue weighted by molar-refractivity contribution is -0.138. The van der Waals surface area contributed by atoms with E-state index < -0.39 is 5.97 Å². The lowest BCUT2D eigenvalue weighted by Gasteiger charge is -2.24. The van der Waals surface area contributed by atoms with Crippen LogP contribution in [0.2, 0.25) is 0 Å². The number of aromatic nitrogens is 2. The zero-order chi connectivity index (χ0) is 14.7. The van der Waals surface area contributed by atoms with Gasteiger partial charge in [0.25, 0.3) is 0 Å². The van der Waals surface area contributed by atoms with Crippen LogP contribution in [0, 0.1) is 12.3 Å². The zero-order valence-corrected chi connectivity index (χ0v) is 11.6. The smallest absolute Gasteiger partial charge is 0.317 e. The fraction of sp³-hybridized carbons (Fsp3) is 0.333. The van der Waals surface area contributed by atoms with Gasteiger partial charge in [-0.25, -0.2) is 4.98 Å². The lowest BCUT2D eigenvalue weighted by atomic mass is 10.2. The van der Waals surface area contributed by atoms with E-state index in [1.165, 1.54) is 0 Å². The van der Waals surface area contributed by atoms with Crippen molar-refractivity contribution in [3.63, 3.8) is 0 Å². The molecule has 1 aromatic carbocycles. The average molecular weight is 271 g/mol. The number of aryl methyl sites for hydroxylation is 1. The average Bonchev–Trinajstić information content (AvgIpc) is 2.75. The van der Waals surface area contributed by atoms with Crippen LogP contribution in [0.1, 0.15) is 18.8 Å². The van der Waals surface area contributed by atoms with Gasteiger partial charge in [0.15, 0.2) is 0 Å². The number of aliphatic carboxylic acids is 1. The number of carboxylic acid groups (broad SMARTS) is 1. The van der Waals surface area contributed by atoms with Crippen molar-refractivity contribution in [1.82, 2.24) is 14.5 Å². The zero-order valence-electron chi connectivity index (χ0n) is 11.6. The second-order valence-electron chi connectivity index (χ2n) is 4.70. The number of hydrogen-bond acceptors (Lipinski definition) is 3. The van der Waals surface area contributed by atoms with Gasteiger partial charge in [-0.15, -0.1) is 6.42 Å². The summed E-state index contributed by atoms with van der Waals surface area (Å²) in [7, 11) is 1.93. The number of benzene rings is 1. The van der Waals surface area contributed by atoms with Crippen molar-refractivity contribution in [1.29, 1.82) is 0 Å². The molecular formula is C15H17N3O2. The fourth-order valence-corrected chi connectivity index (χ4v) is 2.32. The van der Waals surface area contributed by atoms with Crippen molar-refractivity contribution >= 4 is 17.0 Å². The Morgan fingerprint density at radius 3 is 2.85 bits per heavy atom. The van der Waals surface area contributed by atoms with E-state index in [0.717, 1.165) is 16.9 Å². The van der Waals surface area contributed by atoms with Gasteiger partial charge in [0.2, 0.25) is 0 Å². The Hall–Kier alpha value is -2.32. The molecule has 5 heteroatoms. The summed E-state index contributed by atoms with van der Waals surface area (Å²) in [5.74, 6) is 2.41. The molecule has 20 heavy (non-hydrogen) atoms. The van der Waals surface area contributed by atoms with Crippen LogP contribution in [-0.2, 0) is 11.8 Å². The standard InChI is InChI=1S/C15H17N3O2/c1-4-9-18(10-14(19)20)11(2)15-16-12-7-5-6-8-13(12)17(15)3/h1,5-8,11H,9-10H2,2-3H3,(H,19,20). The van der Waals surface area contributed by atoms with Gasteiger partial charge in [0.05, 0.1) is 30.2 Å². The van der Waals surface area contributed by atoms with Crippen LogP contribution < -0.4 is 0 Å². The van der Waals surface area contributed by atoms with Gasteiger partial charge < -0.3 is 9.67 Å². The molecule has 1 atom stereocenters. The van der Waals surface area contributed by atoms with Crippen LogP contribution in [0.3, 0.4) is 0 Å². The van der Waals surface area contributed by atoms with Gasteiger partial charge in [0, 0.05) is 7.05 Å². The summed E-state index contributed by atoms with van der Waals surface area (Å²) in [4.78, 5) is 17.2. The molecule has 0 aliphatic carbocycles. The highest BCUT2D eigenvalue weighted by atomic mass is 16.4. The molecule has 0 fully saturated rings. The molecule has 0 radical (unpaired) electrons. The monoisotopic (exact) mass is 271 g/mol. The van der Waals surface area contributed by atoms with Gasteiger partial charge in [-0.3, -0.25) is 9.69 Å². The summed E-state index contributed by atoms with van der Waals surface area (Å²) in [6, 6.07) is 7.64. The van der Waals surface area contributed by atoms with Crippen LogP contribution in [-0.4, -0.2) is 38.6 Å². The third-order valence-electron chi connectivity index (χ3n) is 3.38. The predicted octanol–water partition coefficient (Wildman–Crippen LogP) is 1.65. The molecule has 2 aromatic rings. The Balaban J connectivity index is 2.38. The molecule has 0 spiro atoms. The maximum absolute atomic E-state index is 10.9. The molecule has 0 aliphatic rings. The van der Waals surface area contributed by atoms with E-state index in [4.69, 9.17) is 11.5 Å². The predicted molar refractivity (Wildman–Crippen MR) is 77.2 cm³/mol. The topological polar surface area (TPSA) is 58.4 Å². The Morgan fingerprint density at radius 2 is 2.25 bits per heavy atom. The normalized spacial score (nSPS) is 12.5. The number of carbonyl (C=O) groups is 1. The van der Waals surface area contributed by atoms with E-state index in [-0.39, 0.29) is 19.1 Å². The molecular weight excluding hydrogens is 254 g/mol. The van der Waals surface area contributed by atoms with Crippen LogP contribution in [0.25, 0.3) is 11.0 Å². The first kappa shape index (κ1) is 14.1. The van der Waals surface area contributed by atoms with Crippen molar-refractivity contribution < 1.29 is 9.90 Å². The van der Waals surface area contributed by atoms with Gasteiger partial charge in [-0.1, -0.05) is 18.1 Å². The number of imidazole rings is 1. The molecule has 5 nitrogen and oxygen atoms in total. The van der Waals surface area contributed by atoms with E-state index >= 15 is 0 Å². The molecule has 1 heterocycles. The minimum absolute atomic E-state index is 0.103. The SMILES string of the molecule is C#CCN(CC(=O)O)C(C)c1nc2ccccc2n1C. The number of terminal acetylenes is 1. The van der Waals surface area contributed by atoms with E-state index in [2.05, 4.69) is 10.9 Å². The number of hydrogen-bond donors (Lipinski definition) is 1. The largest absolute Gasteiger partial charge is 0.480 e. The quantitative estimate of drug-likeness (QED) is 0.840. The summed E-state index contributed by atoms with van der Waals surface area (Å²) < 4.78 is 1.98. The van der Waals surface area contributed by atoms with Gasteiger partial charge >= 0.3 is 5.97 Å². The van der Waals surface area contributed by atoms with Crippen molar-refractivity contribution in [2.24, 2.45) is 7.05 Å². The molecule has 0 bridgehead atoms. The fourth-order valence-electron chi connectivity index (χ4n) is 2.32. The van der Waals surface area contributed by atoms with Crippen molar-refractivity contribution in [3.05, 3.63) is 30.1 Å². The van der Waals surface area contributed by atoms with Crippen molar-refractivity contribution in [2.45, 2.75) is 13.0 Å². The summed E-state index contributed by atoms with van der Waals surface area (Å²) >= 11 is 0. The van der Waals surface area contributed by atoms with Crippen molar-refractivity contribution in [2.75, 3.05) is 13.1 Å². The van der Waals surface area contributed by atoms with E-state index in [9.17, 15) is 4.79 Å². The first-order valence-electron chi connectivity index (χ1n) is 6.35. The number of fused-ring (bicyclic) bond motifs is 1. The summed E-state index contributed by atoms with van der Waals surface area (Å²) in [5, 5.41) is 8.98. The van der Waals surface area contributed by atoms with Crippen LogP contribution in [0.4, 0.5) is 0 Å². The van der Waals surface area contributed by atoms with Gasteiger partial charge in [0.1, 0.15) is 5.82 Å². The highest BCUT2D eigenvalue weighted by Crippen LogP contribution is 2.23. The Labute approximate surface area is 117 Å². The summed E-state index contributed by atoms with van der Waals surface area (Å²) in [6.45, 7) is 2.09. The van der Waals surface area contributed by atoms with Crippen molar-refractivity contribution in [3.8, 4) is 12.3 Å². The maximum atomic E-state index is 10.9. The molecule has 2 rings (SSSR count). The Bertz CT molecular complexity index is 669. The highest BCUT2D eigenvalue weighted by Gasteiger charge is 2.22. The minimum Gasteiger partial charge on any atom is -0.480 e. The first-order chi connectivity index (χ1) is 9.54. The number of para-hydroxylation sites is 2. The second kappa shape index (κ2) is 5.76. The molecule has 1 unspecified atom stereocenters. The Morgan fingerprint density at radius 1 is 1.55 bits per heavy atom. The summed E-state index contributed by atoms with van der Waals surface area (Å²) in [6.07, 6.45) is 5.32.